The Morgan fingerprint density at radius 3 is 2.69 bits per heavy atom. The number of nitrogens with one attached hydrogen (secondary N) is 4. The molecule has 0 aliphatic heterocycles. The molecule has 9 heteroatoms. The van der Waals surface area contributed by atoms with Crippen LogP contribution in [0.3, 0.4) is 0 Å². The van der Waals surface area contributed by atoms with Crippen molar-refractivity contribution in [2.75, 3.05) is 31.6 Å². The number of hydrogen-bond donors (Lipinski definition) is 4. The molecule has 8 nitrogen and oxygen atoms in total. The van der Waals surface area contributed by atoms with Crippen LogP contribution in [-0.4, -0.2) is 47.5 Å². The van der Waals surface area contributed by atoms with Crippen molar-refractivity contribution in [1.82, 2.24) is 20.8 Å². The van der Waals surface area contributed by atoms with Gasteiger partial charge in [0, 0.05) is 25.0 Å². The zero-order valence-electron chi connectivity index (χ0n) is 14.6. The minimum atomic E-state index is -0.243. The van der Waals surface area contributed by atoms with E-state index in [1.807, 2.05) is 18.2 Å². The van der Waals surface area contributed by atoms with Crippen LogP contribution in [0.5, 0.6) is 0 Å². The van der Waals surface area contributed by atoms with Gasteiger partial charge in [0.2, 0.25) is 0 Å². The molecule has 0 aliphatic carbocycles. The number of fused-ring (bicyclic) bond motifs is 1. The maximum absolute atomic E-state index is 11.7. The molecule has 0 radical (unpaired) electrons. The van der Waals surface area contributed by atoms with Crippen LogP contribution in [0.1, 0.15) is 19.8 Å². The number of esters is 1. The first-order chi connectivity index (χ1) is 12.6. The second kappa shape index (κ2) is 10.3. The van der Waals surface area contributed by atoms with Crippen molar-refractivity contribution in [1.29, 1.82) is 0 Å². The second-order valence-corrected chi connectivity index (χ2v) is 5.87. The highest BCUT2D eigenvalue weighted by atomic mass is 32.1. The summed E-state index contributed by atoms with van der Waals surface area (Å²) >= 11 is 5.14. The van der Waals surface area contributed by atoms with Crippen molar-refractivity contribution in [2.45, 2.75) is 19.8 Å². The Morgan fingerprint density at radius 2 is 1.92 bits per heavy atom. The van der Waals surface area contributed by atoms with Crippen LogP contribution in [-0.2, 0) is 9.53 Å². The molecular weight excluding hydrogens is 354 g/mol. The zero-order chi connectivity index (χ0) is 18.8. The molecule has 0 saturated heterocycles. The fourth-order valence-electron chi connectivity index (χ4n) is 2.32. The highest BCUT2D eigenvalue weighted by Gasteiger charge is 2.05. The van der Waals surface area contributed by atoms with E-state index in [9.17, 15) is 9.59 Å². The highest BCUT2D eigenvalue weighted by molar-refractivity contribution is 7.80. The van der Waals surface area contributed by atoms with Gasteiger partial charge in [-0.1, -0.05) is 18.2 Å². The first kappa shape index (κ1) is 19.6. The van der Waals surface area contributed by atoms with Gasteiger partial charge in [-0.05, 0) is 31.6 Å². The van der Waals surface area contributed by atoms with Crippen LogP contribution >= 0.6 is 12.2 Å². The average Bonchev–Trinajstić information content (AvgIpc) is 2.63. The Labute approximate surface area is 156 Å². The molecule has 0 saturated carbocycles. The first-order valence-electron chi connectivity index (χ1n) is 8.50. The molecule has 26 heavy (non-hydrogen) atoms. The van der Waals surface area contributed by atoms with Crippen molar-refractivity contribution in [3.05, 3.63) is 34.6 Å². The van der Waals surface area contributed by atoms with Gasteiger partial charge in [0.25, 0.3) is 5.56 Å². The number of carbonyl (C=O) groups excluding carboxylic acids is 1. The van der Waals surface area contributed by atoms with Gasteiger partial charge in [0.15, 0.2) is 10.9 Å². The highest BCUT2D eigenvalue weighted by Crippen LogP contribution is 2.16. The van der Waals surface area contributed by atoms with Crippen LogP contribution in [0.25, 0.3) is 10.8 Å². The van der Waals surface area contributed by atoms with Crippen molar-refractivity contribution >= 4 is 39.9 Å². The quantitative estimate of drug-likeness (QED) is 0.293. The molecule has 0 atom stereocenters. The second-order valence-electron chi connectivity index (χ2n) is 5.46. The Bertz CT molecular complexity index is 808. The summed E-state index contributed by atoms with van der Waals surface area (Å²) in [4.78, 5) is 23.0. The number of carbonyl (C=O) groups is 1. The molecule has 4 N–H and O–H groups in total. The molecule has 1 aromatic carbocycles. The standard InChI is InChI=1S/C17H23N5O3S/c1-2-25-14(23)8-11-20-17(26)19-10-5-9-18-15-12-6-3-4-7-13(12)16(24)22-21-15/h3-4,6-7H,2,5,8-11H2,1H3,(H,18,21)(H,22,24)(H2,19,20,26). The van der Waals surface area contributed by atoms with E-state index in [4.69, 9.17) is 17.0 Å². The van der Waals surface area contributed by atoms with Gasteiger partial charge < -0.3 is 20.7 Å². The summed E-state index contributed by atoms with van der Waals surface area (Å²) in [6.07, 6.45) is 1.08. The molecule has 1 heterocycles. The molecule has 0 unspecified atom stereocenters. The first-order valence-corrected chi connectivity index (χ1v) is 8.91. The molecule has 0 spiro atoms. The van der Waals surface area contributed by atoms with Crippen LogP contribution in [0.2, 0.25) is 0 Å². The summed E-state index contributed by atoms with van der Waals surface area (Å²) in [7, 11) is 0. The van der Waals surface area contributed by atoms with E-state index in [1.165, 1.54) is 0 Å². The van der Waals surface area contributed by atoms with Gasteiger partial charge in [0.1, 0.15) is 0 Å². The summed E-state index contributed by atoms with van der Waals surface area (Å²) in [5.41, 5.74) is -0.202. The molecule has 2 aromatic rings. The van der Waals surface area contributed by atoms with Crippen LogP contribution < -0.4 is 21.5 Å². The number of H-pyrrole nitrogens is 1. The Hall–Kier alpha value is -2.68. The van der Waals surface area contributed by atoms with E-state index in [1.54, 1.807) is 13.0 Å². The number of rotatable bonds is 9. The molecule has 2 rings (SSSR count). The van der Waals surface area contributed by atoms with Crippen LogP contribution in [0, 0.1) is 0 Å². The fourth-order valence-corrected chi connectivity index (χ4v) is 2.52. The number of benzene rings is 1. The summed E-state index contributed by atoms with van der Waals surface area (Å²) < 4.78 is 4.84. The maximum Gasteiger partial charge on any atom is 0.307 e. The molecule has 0 amide bonds. The third-order valence-corrected chi connectivity index (χ3v) is 3.84. The lowest BCUT2D eigenvalue weighted by molar-refractivity contribution is -0.142. The lowest BCUT2D eigenvalue weighted by atomic mass is 10.2. The van der Waals surface area contributed by atoms with Gasteiger partial charge in [-0.3, -0.25) is 9.59 Å². The molecule has 0 aliphatic rings. The largest absolute Gasteiger partial charge is 0.466 e. The summed E-state index contributed by atoms with van der Waals surface area (Å²) in [6.45, 7) is 3.93. The topological polar surface area (TPSA) is 108 Å². The summed E-state index contributed by atoms with van der Waals surface area (Å²) in [5.74, 6) is 0.406. The van der Waals surface area contributed by atoms with Crippen molar-refractivity contribution in [2.24, 2.45) is 0 Å². The smallest absolute Gasteiger partial charge is 0.307 e. The van der Waals surface area contributed by atoms with Crippen LogP contribution in [0.4, 0.5) is 5.82 Å². The normalized spacial score (nSPS) is 10.3. The molecule has 0 bridgehead atoms. The zero-order valence-corrected chi connectivity index (χ0v) is 15.4. The lowest BCUT2D eigenvalue weighted by Crippen LogP contribution is -2.37. The maximum atomic E-state index is 11.7. The van der Waals surface area contributed by atoms with Crippen molar-refractivity contribution in [3.8, 4) is 0 Å². The van der Waals surface area contributed by atoms with Crippen LogP contribution in [0.15, 0.2) is 29.1 Å². The van der Waals surface area contributed by atoms with E-state index in [2.05, 4.69) is 26.1 Å². The van der Waals surface area contributed by atoms with Gasteiger partial charge in [-0.25, -0.2) is 5.10 Å². The van der Waals surface area contributed by atoms with Gasteiger partial charge >= 0.3 is 5.97 Å². The molecule has 1 aromatic heterocycles. The number of aromatic nitrogens is 2. The van der Waals surface area contributed by atoms with Gasteiger partial charge in [-0.2, -0.15) is 5.10 Å². The van der Waals surface area contributed by atoms with Gasteiger partial charge in [-0.15, -0.1) is 0 Å². The number of ether oxygens (including phenoxy) is 1. The number of nitrogens with zero attached hydrogens (tertiary/aromatic N) is 1. The Balaban J connectivity index is 1.67. The van der Waals surface area contributed by atoms with E-state index >= 15 is 0 Å². The van der Waals surface area contributed by atoms with E-state index in [0.29, 0.717) is 42.6 Å². The summed E-state index contributed by atoms with van der Waals surface area (Å²) in [6, 6.07) is 7.32. The number of thiocarbonyl (C=S) groups is 1. The van der Waals surface area contributed by atoms with E-state index in [0.717, 1.165) is 11.8 Å². The molecule has 0 fully saturated rings. The minimum Gasteiger partial charge on any atom is -0.466 e. The predicted molar refractivity (Wildman–Crippen MR) is 105 cm³/mol. The predicted octanol–water partition coefficient (Wildman–Crippen LogP) is 1.14. The van der Waals surface area contributed by atoms with Crippen molar-refractivity contribution in [3.63, 3.8) is 0 Å². The third kappa shape index (κ3) is 5.99. The van der Waals surface area contributed by atoms with Crippen molar-refractivity contribution < 1.29 is 9.53 Å². The molecular formula is C17H23N5O3S. The van der Waals surface area contributed by atoms with Gasteiger partial charge in [0.05, 0.1) is 18.4 Å². The van der Waals surface area contributed by atoms with E-state index < -0.39 is 0 Å². The number of anilines is 1. The summed E-state index contributed by atoms with van der Waals surface area (Å²) in [5, 5.41) is 17.7. The third-order valence-electron chi connectivity index (χ3n) is 3.55. The number of aromatic amines is 1. The fraction of sp³-hybridized carbons (Fsp3) is 0.412. The van der Waals surface area contributed by atoms with E-state index in [-0.39, 0.29) is 17.9 Å². The lowest BCUT2D eigenvalue weighted by Gasteiger charge is -2.11. The Morgan fingerprint density at radius 1 is 1.19 bits per heavy atom. The molecule has 140 valence electrons. The monoisotopic (exact) mass is 377 g/mol. The Kier molecular flexibility index (Phi) is 7.81. The number of hydrogen-bond acceptors (Lipinski definition) is 6. The average molecular weight is 377 g/mol. The SMILES string of the molecule is CCOC(=O)CCNC(=S)NCCCNc1n[nH]c(=O)c2ccccc12. The minimum absolute atomic E-state index is 0.202.